The molecule has 1 aliphatic heterocycles. The lowest BCUT2D eigenvalue weighted by Gasteiger charge is -2.33. The summed E-state index contributed by atoms with van der Waals surface area (Å²) in [6.45, 7) is 0. The maximum atomic E-state index is 9.54. The van der Waals surface area contributed by atoms with E-state index in [0.29, 0.717) is 17.1 Å². The largest absolute Gasteiger partial charge is 0.456 e. The van der Waals surface area contributed by atoms with Crippen molar-refractivity contribution in [3.63, 3.8) is 0 Å². The van der Waals surface area contributed by atoms with Crippen molar-refractivity contribution in [2.45, 2.75) is 0 Å². The third-order valence-electron chi connectivity index (χ3n) is 10.1. The predicted molar refractivity (Wildman–Crippen MR) is 207 cm³/mol. The summed E-state index contributed by atoms with van der Waals surface area (Å²) in [6, 6.07) is 49.6. The molecule has 1 aliphatic rings. The molecule has 10 aromatic rings. The first-order valence-corrected chi connectivity index (χ1v) is 17.0. The number of rotatable bonds is 2. The fourth-order valence-corrected chi connectivity index (χ4v) is 7.82. The van der Waals surface area contributed by atoms with E-state index in [4.69, 9.17) is 9.15 Å². The molecular weight excluding hydrogens is 657 g/mol. The molecule has 0 saturated heterocycles. The molecule has 0 spiro atoms. The first-order chi connectivity index (χ1) is 26.1. The topological polar surface area (TPSA) is 112 Å². The van der Waals surface area contributed by atoms with Crippen molar-refractivity contribution in [2.24, 2.45) is 0 Å². The second kappa shape index (κ2) is 10.8. The van der Waals surface area contributed by atoms with Crippen molar-refractivity contribution in [1.82, 2.24) is 15.0 Å². The first-order valence-electron chi connectivity index (χ1n) is 17.0. The second-order valence-electron chi connectivity index (χ2n) is 13.1. The van der Waals surface area contributed by atoms with Gasteiger partial charge in [-0.05, 0) is 85.6 Å². The third-order valence-corrected chi connectivity index (χ3v) is 10.1. The van der Waals surface area contributed by atoms with Crippen LogP contribution >= 0.6 is 0 Å². The van der Waals surface area contributed by atoms with Crippen molar-refractivity contribution in [2.75, 3.05) is 4.90 Å². The van der Waals surface area contributed by atoms with Gasteiger partial charge in [-0.15, -0.1) is 0 Å². The number of aromatic nitrogens is 3. The van der Waals surface area contributed by atoms with Crippen LogP contribution in [0.3, 0.4) is 0 Å². The standard InChI is InChI=1S/C45H22N6O2/c46-23-43-48-44(24-47)50-45(49-43)27-10-7-11-28(16-27)51-37-17-25-8-1-2-9-26(25)18-41(37)53-42-21-36-35-19-33-31-14-5-3-12-29(31)30-13-4-6-15-32(30)34(33)20-39(35)52-40(36)22-38(42)51/h1-22H. The highest BCUT2D eigenvalue weighted by Crippen LogP contribution is 2.54. The van der Waals surface area contributed by atoms with Crippen LogP contribution in [0.2, 0.25) is 0 Å². The molecule has 0 saturated carbocycles. The zero-order valence-corrected chi connectivity index (χ0v) is 27.7. The molecule has 2 aromatic heterocycles. The molecule has 3 heterocycles. The monoisotopic (exact) mass is 678 g/mol. The summed E-state index contributed by atoms with van der Waals surface area (Å²) in [4.78, 5) is 14.7. The highest BCUT2D eigenvalue weighted by atomic mass is 16.5. The molecule has 0 unspecified atom stereocenters. The highest BCUT2D eigenvalue weighted by Gasteiger charge is 2.29. The van der Waals surface area contributed by atoms with Gasteiger partial charge in [-0.3, -0.25) is 0 Å². The van der Waals surface area contributed by atoms with Crippen LogP contribution in [0.25, 0.3) is 76.4 Å². The van der Waals surface area contributed by atoms with E-state index in [2.05, 4.69) is 111 Å². The maximum absolute atomic E-state index is 9.54. The van der Waals surface area contributed by atoms with E-state index in [9.17, 15) is 10.5 Å². The van der Waals surface area contributed by atoms with Crippen LogP contribution in [0.15, 0.2) is 138 Å². The Bertz CT molecular complexity index is 3290. The van der Waals surface area contributed by atoms with Gasteiger partial charge in [0.05, 0.1) is 11.4 Å². The van der Waals surface area contributed by atoms with Gasteiger partial charge in [0.25, 0.3) is 0 Å². The van der Waals surface area contributed by atoms with Crippen LogP contribution in [0.1, 0.15) is 11.6 Å². The Balaban J connectivity index is 1.16. The Morgan fingerprint density at radius 1 is 0.472 bits per heavy atom. The van der Waals surface area contributed by atoms with Crippen LogP contribution in [-0.2, 0) is 0 Å². The van der Waals surface area contributed by atoms with E-state index in [1.807, 2.05) is 54.6 Å². The first kappa shape index (κ1) is 29.0. The molecule has 11 rings (SSSR count). The molecule has 0 bridgehead atoms. The van der Waals surface area contributed by atoms with E-state index in [-0.39, 0.29) is 17.5 Å². The van der Waals surface area contributed by atoms with Crippen molar-refractivity contribution < 1.29 is 9.15 Å². The quantitative estimate of drug-likeness (QED) is 0.166. The summed E-state index contributed by atoms with van der Waals surface area (Å²) >= 11 is 0. The summed E-state index contributed by atoms with van der Waals surface area (Å²) in [5.41, 5.74) is 4.60. The highest BCUT2D eigenvalue weighted by molar-refractivity contribution is 6.28. The van der Waals surface area contributed by atoms with Crippen LogP contribution in [0, 0.1) is 22.7 Å². The number of benzene rings is 8. The Hall–Kier alpha value is -7.81. The van der Waals surface area contributed by atoms with Crippen LogP contribution in [-0.4, -0.2) is 15.0 Å². The average molecular weight is 679 g/mol. The van der Waals surface area contributed by atoms with Crippen LogP contribution in [0.5, 0.6) is 11.5 Å². The third kappa shape index (κ3) is 4.30. The van der Waals surface area contributed by atoms with Gasteiger partial charge >= 0.3 is 0 Å². The second-order valence-corrected chi connectivity index (χ2v) is 13.1. The average Bonchev–Trinajstić information content (AvgIpc) is 3.56. The summed E-state index contributed by atoms with van der Waals surface area (Å²) < 4.78 is 13.5. The Labute approximate surface area is 301 Å². The molecule has 0 atom stereocenters. The Morgan fingerprint density at radius 3 is 1.74 bits per heavy atom. The van der Waals surface area contributed by atoms with Gasteiger partial charge in [-0.2, -0.15) is 25.5 Å². The predicted octanol–water partition coefficient (Wildman–Crippen LogP) is 11.4. The van der Waals surface area contributed by atoms with Crippen molar-refractivity contribution >= 4 is 82.1 Å². The van der Waals surface area contributed by atoms with Gasteiger partial charge in [0.15, 0.2) is 17.3 Å². The lowest BCUT2D eigenvalue weighted by Crippen LogP contribution is -2.16. The van der Waals surface area contributed by atoms with Gasteiger partial charge in [-0.25, -0.2) is 0 Å². The Morgan fingerprint density at radius 2 is 1.04 bits per heavy atom. The molecule has 244 valence electrons. The molecule has 0 amide bonds. The molecular formula is C45H22N6O2. The van der Waals surface area contributed by atoms with Gasteiger partial charge in [0.1, 0.15) is 23.3 Å². The number of anilines is 3. The number of ether oxygens (including phenoxy) is 1. The molecule has 0 N–H and O–H groups in total. The normalized spacial score (nSPS) is 12.2. The lowest BCUT2D eigenvalue weighted by molar-refractivity contribution is 0.478. The molecule has 8 aromatic carbocycles. The van der Waals surface area contributed by atoms with E-state index < -0.39 is 0 Å². The smallest absolute Gasteiger partial charge is 0.236 e. The van der Waals surface area contributed by atoms with Gasteiger partial charge in [0, 0.05) is 28.1 Å². The lowest BCUT2D eigenvalue weighted by atomic mass is 9.93. The van der Waals surface area contributed by atoms with E-state index in [1.165, 1.54) is 26.9 Å². The number of fused-ring (bicyclic) bond motifs is 12. The van der Waals surface area contributed by atoms with Gasteiger partial charge in [0.2, 0.25) is 11.6 Å². The fraction of sp³-hybridized carbons (Fsp3) is 0. The van der Waals surface area contributed by atoms with Crippen molar-refractivity contribution in [3.05, 3.63) is 145 Å². The zero-order chi connectivity index (χ0) is 35.2. The van der Waals surface area contributed by atoms with Gasteiger partial charge < -0.3 is 14.1 Å². The van der Waals surface area contributed by atoms with E-state index in [0.717, 1.165) is 55.2 Å². The number of nitriles is 2. The molecule has 0 aliphatic carbocycles. The van der Waals surface area contributed by atoms with E-state index in [1.54, 1.807) is 0 Å². The van der Waals surface area contributed by atoms with Gasteiger partial charge in [-0.1, -0.05) is 84.9 Å². The van der Waals surface area contributed by atoms with E-state index >= 15 is 0 Å². The minimum Gasteiger partial charge on any atom is -0.456 e. The summed E-state index contributed by atoms with van der Waals surface area (Å²) in [5.74, 6) is 1.38. The molecule has 8 heteroatoms. The number of hydrogen-bond donors (Lipinski definition) is 0. The molecule has 8 nitrogen and oxygen atoms in total. The van der Waals surface area contributed by atoms with Crippen molar-refractivity contribution in [3.8, 4) is 35.0 Å². The maximum Gasteiger partial charge on any atom is 0.236 e. The van der Waals surface area contributed by atoms with Crippen LogP contribution in [0.4, 0.5) is 17.1 Å². The number of hydrogen-bond acceptors (Lipinski definition) is 8. The Kier molecular flexibility index (Phi) is 5.93. The zero-order valence-electron chi connectivity index (χ0n) is 27.7. The number of nitrogens with zero attached hydrogens (tertiary/aromatic N) is 6. The van der Waals surface area contributed by atoms with Crippen LogP contribution < -0.4 is 9.64 Å². The fourth-order valence-electron chi connectivity index (χ4n) is 7.82. The summed E-state index contributed by atoms with van der Waals surface area (Å²) in [7, 11) is 0. The number of furan rings is 1. The molecule has 0 radical (unpaired) electrons. The minimum atomic E-state index is -0.119. The summed E-state index contributed by atoms with van der Waals surface area (Å²) in [6.07, 6.45) is 0. The molecule has 0 fully saturated rings. The summed E-state index contributed by atoms with van der Waals surface area (Å²) in [5, 5.41) is 30.3. The SMILES string of the molecule is N#Cc1nc(C#N)nc(-c2cccc(N3c4cc5ccccc5cc4Oc4cc5c(cc43)oc3cc4c6ccccc6c6ccccc6c4cc35)c2)n1. The molecule has 53 heavy (non-hydrogen) atoms. The minimum absolute atomic E-state index is 0.119. The van der Waals surface area contributed by atoms with Crippen molar-refractivity contribution in [1.29, 1.82) is 10.5 Å².